The molecule has 2 rings (SSSR count). The molecule has 14 heavy (non-hydrogen) atoms. The van der Waals surface area contributed by atoms with Crippen molar-refractivity contribution in [2.75, 3.05) is 5.73 Å². The number of aliphatic hydroxyl groups is 1. The van der Waals surface area contributed by atoms with E-state index in [1.807, 2.05) is 0 Å². The molecule has 0 aliphatic heterocycles. The molecule has 0 spiro atoms. The van der Waals surface area contributed by atoms with Crippen molar-refractivity contribution in [3.63, 3.8) is 0 Å². The zero-order valence-electron chi connectivity index (χ0n) is 7.57. The van der Waals surface area contributed by atoms with Gasteiger partial charge in [0.25, 0.3) is 0 Å². The van der Waals surface area contributed by atoms with Gasteiger partial charge in [0, 0.05) is 22.3 Å². The minimum absolute atomic E-state index is 0.369. The van der Waals surface area contributed by atoms with Gasteiger partial charge in [-0.1, -0.05) is 0 Å². The number of pyridine rings is 1. The molecular formula is C9H12BrN3O. The summed E-state index contributed by atoms with van der Waals surface area (Å²) in [4.78, 5) is 3.96. The van der Waals surface area contributed by atoms with Crippen molar-refractivity contribution in [1.82, 2.24) is 10.3 Å². The zero-order valence-corrected chi connectivity index (χ0v) is 9.16. The van der Waals surface area contributed by atoms with Gasteiger partial charge in [-0.05, 0) is 34.8 Å². The van der Waals surface area contributed by atoms with Gasteiger partial charge in [-0.3, -0.25) is 5.32 Å². The highest BCUT2D eigenvalue weighted by Crippen LogP contribution is 2.26. The minimum Gasteiger partial charge on any atom is -0.383 e. The van der Waals surface area contributed by atoms with Crippen molar-refractivity contribution < 1.29 is 5.11 Å². The van der Waals surface area contributed by atoms with E-state index in [4.69, 9.17) is 5.73 Å². The first kappa shape index (κ1) is 9.89. The van der Waals surface area contributed by atoms with E-state index in [2.05, 4.69) is 26.2 Å². The Labute approximate surface area is 90.7 Å². The Morgan fingerprint density at radius 2 is 2.36 bits per heavy atom. The number of anilines is 1. The van der Waals surface area contributed by atoms with E-state index in [-0.39, 0.29) is 0 Å². The molecular weight excluding hydrogens is 246 g/mol. The highest BCUT2D eigenvalue weighted by atomic mass is 79.9. The molecule has 1 fully saturated rings. The van der Waals surface area contributed by atoms with Crippen molar-refractivity contribution in [3.05, 3.63) is 22.3 Å². The maximum Gasteiger partial charge on any atom is 0.134 e. The summed E-state index contributed by atoms with van der Waals surface area (Å²) in [6.07, 6.45) is 3.15. The molecule has 0 aromatic carbocycles. The van der Waals surface area contributed by atoms with E-state index < -0.39 is 6.23 Å². The van der Waals surface area contributed by atoms with Crippen LogP contribution >= 0.6 is 15.9 Å². The Morgan fingerprint density at radius 1 is 1.64 bits per heavy atom. The quantitative estimate of drug-likeness (QED) is 0.712. The average molecular weight is 258 g/mol. The topological polar surface area (TPSA) is 71.2 Å². The highest BCUT2D eigenvalue weighted by molar-refractivity contribution is 9.10. The molecule has 5 heteroatoms. The Bertz CT molecular complexity index is 341. The van der Waals surface area contributed by atoms with Crippen LogP contribution in [0.3, 0.4) is 0 Å². The SMILES string of the molecule is Nc1ncc(Br)cc1C(O)NC1CC1. The van der Waals surface area contributed by atoms with Gasteiger partial charge >= 0.3 is 0 Å². The number of nitrogens with zero attached hydrogens (tertiary/aromatic N) is 1. The molecule has 1 unspecified atom stereocenters. The second kappa shape index (κ2) is 3.84. The number of halogens is 1. The van der Waals surface area contributed by atoms with Crippen molar-refractivity contribution in [3.8, 4) is 0 Å². The third-order valence-corrected chi connectivity index (χ3v) is 2.62. The summed E-state index contributed by atoms with van der Waals surface area (Å²) >= 11 is 3.29. The molecule has 1 aliphatic carbocycles. The first-order valence-corrected chi connectivity index (χ1v) is 5.31. The smallest absolute Gasteiger partial charge is 0.134 e. The van der Waals surface area contributed by atoms with Gasteiger partial charge in [0.15, 0.2) is 0 Å². The van der Waals surface area contributed by atoms with E-state index >= 15 is 0 Å². The van der Waals surface area contributed by atoms with Gasteiger partial charge in [0.1, 0.15) is 12.0 Å². The van der Waals surface area contributed by atoms with Crippen LogP contribution in [0.15, 0.2) is 16.7 Å². The molecule has 1 heterocycles. The summed E-state index contributed by atoms with van der Waals surface area (Å²) in [6.45, 7) is 0. The fraction of sp³-hybridized carbons (Fsp3) is 0.444. The van der Waals surface area contributed by atoms with Crippen LogP contribution in [0.1, 0.15) is 24.6 Å². The molecule has 1 aromatic rings. The third kappa shape index (κ3) is 2.23. The van der Waals surface area contributed by atoms with Gasteiger partial charge in [-0.15, -0.1) is 0 Å². The monoisotopic (exact) mass is 257 g/mol. The first-order chi connectivity index (χ1) is 6.66. The molecule has 1 aliphatic rings. The summed E-state index contributed by atoms with van der Waals surface area (Å²) in [7, 11) is 0. The lowest BCUT2D eigenvalue weighted by Crippen LogP contribution is -2.24. The van der Waals surface area contributed by atoms with E-state index in [1.165, 1.54) is 0 Å². The van der Waals surface area contributed by atoms with Gasteiger partial charge in [-0.2, -0.15) is 0 Å². The number of aromatic nitrogens is 1. The molecule has 0 saturated heterocycles. The molecule has 1 aromatic heterocycles. The third-order valence-electron chi connectivity index (χ3n) is 2.18. The highest BCUT2D eigenvalue weighted by Gasteiger charge is 2.25. The van der Waals surface area contributed by atoms with Crippen molar-refractivity contribution in [1.29, 1.82) is 0 Å². The maximum absolute atomic E-state index is 9.78. The lowest BCUT2D eigenvalue weighted by Gasteiger charge is -2.14. The van der Waals surface area contributed by atoms with E-state index in [0.29, 0.717) is 17.4 Å². The number of aliphatic hydroxyl groups excluding tert-OH is 1. The predicted octanol–water partition coefficient (Wildman–Crippen LogP) is 1.17. The molecule has 76 valence electrons. The Kier molecular flexibility index (Phi) is 2.71. The van der Waals surface area contributed by atoms with E-state index in [9.17, 15) is 5.11 Å². The predicted molar refractivity (Wildman–Crippen MR) is 57.5 cm³/mol. The fourth-order valence-electron chi connectivity index (χ4n) is 1.25. The standard InChI is InChI=1S/C9H12BrN3O/c10-5-3-7(8(11)12-4-5)9(14)13-6-1-2-6/h3-4,6,9,13-14H,1-2H2,(H2,11,12). The maximum atomic E-state index is 9.78. The second-order valence-electron chi connectivity index (χ2n) is 3.47. The molecule has 1 saturated carbocycles. The number of nitrogen functional groups attached to an aromatic ring is 1. The summed E-state index contributed by atoms with van der Waals surface area (Å²) in [5.74, 6) is 0.369. The fourth-order valence-corrected chi connectivity index (χ4v) is 1.60. The van der Waals surface area contributed by atoms with E-state index in [1.54, 1.807) is 12.3 Å². The van der Waals surface area contributed by atoms with Crippen LogP contribution in [-0.4, -0.2) is 16.1 Å². The van der Waals surface area contributed by atoms with Crippen LogP contribution in [-0.2, 0) is 0 Å². The molecule has 4 nitrogen and oxygen atoms in total. The molecule has 1 atom stereocenters. The van der Waals surface area contributed by atoms with Gasteiger partial charge in [0.05, 0.1) is 0 Å². The molecule has 0 amide bonds. The van der Waals surface area contributed by atoms with Gasteiger partial charge in [-0.25, -0.2) is 4.98 Å². The molecule has 0 radical (unpaired) electrons. The van der Waals surface area contributed by atoms with Crippen LogP contribution < -0.4 is 11.1 Å². The van der Waals surface area contributed by atoms with Crippen LogP contribution in [0, 0.1) is 0 Å². The van der Waals surface area contributed by atoms with Crippen molar-refractivity contribution in [2.45, 2.75) is 25.1 Å². The van der Waals surface area contributed by atoms with Crippen LogP contribution in [0.25, 0.3) is 0 Å². The number of hydrogen-bond donors (Lipinski definition) is 3. The Morgan fingerprint density at radius 3 is 3.00 bits per heavy atom. The van der Waals surface area contributed by atoms with Crippen LogP contribution in [0.5, 0.6) is 0 Å². The second-order valence-corrected chi connectivity index (χ2v) is 4.39. The largest absolute Gasteiger partial charge is 0.383 e. The Balaban J connectivity index is 2.15. The van der Waals surface area contributed by atoms with Crippen LogP contribution in [0.4, 0.5) is 5.82 Å². The number of hydrogen-bond acceptors (Lipinski definition) is 4. The van der Waals surface area contributed by atoms with Crippen molar-refractivity contribution in [2.24, 2.45) is 0 Å². The molecule has 4 N–H and O–H groups in total. The normalized spacial score (nSPS) is 18.1. The number of nitrogens with one attached hydrogen (secondary N) is 1. The van der Waals surface area contributed by atoms with Gasteiger partial charge < -0.3 is 10.8 Å². The van der Waals surface area contributed by atoms with Crippen LogP contribution in [0.2, 0.25) is 0 Å². The average Bonchev–Trinajstić information content (AvgIpc) is 2.93. The number of nitrogens with two attached hydrogens (primary N) is 1. The molecule has 0 bridgehead atoms. The summed E-state index contributed by atoms with van der Waals surface area (Å²) in [6, 6.07) is 2.21. The lowest BCUT2D eigenvalue weighted by atomic mass is 10.2. The summed E-state index contributed by atoms with van der Waals surface area (Å²) < 4.78 is 0.818. The van der Waals surface area contributed by atoms with Crippen molar-refractivity contribution >= 4 is 21.7 Å². The van der Waals surface area contributed by atoms with E-state index in [0.717, 1.165) is 17.3 Å². The first-order valence-electron chi connectivity index (χ1n) is 4.52. The lowest BCUT2D eigenvalue weighted by molar-refractivity contribution is 0.137. The zero-order chi connectivity index (χ0) is 10.1. The Hall–Kier alpha value is -0.650. The minimum atomic E-state index is -0.715. The number of rotatable bonds is 3. The summed E-state index contributed by atoms with van der Waals surface area (Å²) in [5.41, 5.74) is 6.29. The van der Waals surface area contributed by atoms with Gasteiger partial charge in [0.2, 0.25) is 0 Å². The summed E-state index contributed by atoms with van der Waals surface area (Å²) in [5, 5.41) is 12.8.